The lowest BCUT2D eigenvalue weighted by Gasteiger charge is -2.35. The van der Waals surface area contributed by atoms with Gasteiger partial charge in [-0.1, -0.05) is 48.5 Å². The van der Waals surface area contributed by atoms with E-state index >= 15 is 0 Å². The van der Waals surface area contributed by atoms with E-state index in [2.05, 4.69) is 75.4 Å². The van der Waals surface area contributed by atoms with Gasteiger partial charge < -0.3 is 9.32 Å². The van der Waals surface area contributed by atoms with Crippen molar-refractivity contribution in [2.24, 2.45) is 0 Å². The van der Waals surface area contributed by atoms with Crippen LogP contribution in [0, 0.1) is 13.8 Å². The van der Waals surface area contributed by atoms with Crippen molar-refractivity contribution in [1.82, 2.24) is 14.9 Å². The summed E-state index contributed by atoms with van der Waals surface area (Å²) in [5.41, 5.74) is 5.50. The first-order chi connectivity index (χ1) is 15.7. The minimum atomic E-state index is 0.694. The topological polar surface area (TPSA) is 45.4 Å². The lowest BCUT2D eigenvalue weighted by molar-refractivity contribution is 0.245. The smallest absolute Gasteiger partial charge is 0.226 e. The summed E-state index contributed by atoms with van der Waals surface area (Å²) < 4.78 is 6.03. The quantitative estimate of drug-likeness (QED) is 0.433. The van der Waals surface area contributed by atoms with Crippen LogP contribution in [0.1, 0.15) is 17.1 Å². The second kappa shape index (κ2) is 8.97. The van der Waals surface area contributed by atoms with Crippen molar-refractivity contribution < 1.29 is 4.42 Å². The van der Waals surface area contributed by atoms with Crippen LogP contribution in [0.2, 0.25) is 0 Å². The zero-order valence-electron chi connectivity index (χ0n) is 18.7. The Kier molecular flexibility index (Phi) is 5.73. The van der Waals surface area contributed by atoms with Gasteiger partial charge in [-0.15, -0.1) is 0 Å². The molecule has 1 fully saturated rings. The molecule has 0 N–H and O–H groups in total. The van der Waals surface area contributed by atoms with Crippen molar-refractivity contribution in [1.29, 1.82) is 0 Å². The molecule has 2 aromatic heterocycles. The highest BCUT2D eigenvalue weighted by molar-refractivity contribution is 5.67. The third-order valence-corrected chi connectivity index (χ3v) is 6.07. The summed E-state index contributed by atoms with van der Waals surface area (Å²) >= 11 is 0. The van der Waals surface area contributed by atoms with Gasteiger partial charge in [0.1, 0.15) is 11.6 Å². The van der Waals surface area contributed by atoms with Gasteiger partial charge in [0.25, 0.3) is 0 Å². The molecule has 0 unspecified atom stereocenters. The highest BCUT2D eigenvalue weighted by Crippen LogP contribution is 2.26. The van der Waals surface area contributed by atoms with E-state index in [1.165, 1.54) is 11.1 Å². The van der Waals surface area contributed by atoms with E-state index in [0.29, 0.717) is 5.89 Å². The van der Waals surface area contributed by atoms with Crippen LogP contribution < -0.4 is 4.90 Å². The number of anilines is 1. The summed E-state index contributed by atoms with van der Waals surface area (Å²) in [6.45, 7) is 8.79. The molecule has 0 amide bonds. The van der Waals surface area contributed by atoms with Crippen molar-refractivity contribution in [3.8, 4) is 22.6 Å². The highest BCUT2D eigenvalue weighted by atomic mass is 16.4. The average Bonchev–Trinajstić information content (AvgIpc) is 3.20. The predicted molar refractivity (Wildman–Crippen MR) is 129 cm³/mol. The molecule has 1 aliphatic rings. The first-order valence-corrected chi connectivity index (χ1v) is 11.2. The SMILES string of the molecule is Cc1cccc(N2CCN(Cc3nc(-c4ccc(-c5ccccc5)cc4)oc3C)CC2)n1. The number of nitrogens with zero attached hydrogens (tertiary/aromatic N) is 4. The molecule has 162 valence electrons. The third kappa shape index (κ3) is 4.43. The number of oxazole rings is 1. The van der Waals surface area contributed by atoms with Crippen molar-refractivity contribution in [3.05, 3.63) is 89.9 Å². The molecule has 0 saturated carbocycles. The van der Waals surface area contributed by atoms with E-state index < -0.39 is 0 Å². The fourth-order valence-corrected chi connectivity index (χ4v) is 4.19. The molecule has 2 aromatic carbocycles. The molecule has 1 aliphatic heterocycles. The minimum absolute atomic E-state index is 0.694. The lowest BCUT2D eigenvalue weighted by Crippen LogP contribution is -2.46. The van der Waals surface area contributed by atoms with Crippen molar-refractivity contribution in [2.75, 3.05) is 31.1 Å². The van der Waals surface area contributed by atoms with E-state index in [1.807, 2.05) is 26.0 Å². The van der Waals surface area contributed by atoms with E-state index in [9.17, 15) is 0 Å². The van der Waals surface area contributed by atoms with Gasteiger partial charge in [0.2, 0.25) is 5.89 Å². The second-order valence-corrected chi connectivity index (χ2v) is 8.37. The fourth-order valence-electron chi connectivity index (χ4n) is 4.19. The fraction of sp³-hybridized carbons (Fsp3) is 0.259. The number of pyridine rings is 1. The van der Waals surface area contributed by atoms with Crippen LogP contribution >= 0.6 is 0 Å². The minimum Gasteiger partial charge on any atom is -0.441 e. The molecule has 0 bridgehead atoms. The molecule has 5 nitrogen and oxygen atoms in total. The molecule has 0 atom stereocenters. The second-order valence-electron chi connectivity index (χ2n) is 8.37. The molecule has 0 radical (unpaired) electrons. The van der Waals surface area contributed by atoms with Gasteiger partial charge in [0.15, 0.2) is 0 Å². The lowest BCUT2D eigenvalue weighted by atomic mass is 10.0. The van der Waals surface area contributed by atoms with Gasteiger partial charge in [0, 0.05) is 44.0 Å². The molecule has 32 heavy (non-hydrogen) atoms. The first-order valence-electron chi connectivity index (χ1n) is 11.2. The molecule has 0 spiro atoms. The van der Waals surface area contributed by atoms with Crippen molar-refractivity contribution in [3.63, 3.8) is 0 Å². The molecule has 5 rings (SSSR count). The summed E-state index contributed by atoms with van der Waals surface area (Å²) in [5, 5.41) is 0. The van der Waals surface area contributed by atoms with Crippen LogP contribution in [0.5, 0.6) is 0 Å². The van der Waals surface area contributed by atoms with Gasteiger partial charge in [0.05, 0.1) is 5.69 Å². The number of piperazine rings is 1. The Bertz CT molecular complexity index is 1180. The Morgan fingerprint density at radius 3 is 2.12 bits per heavy atom. The number of hydrogen-bond acceptors (Lipinski definition) is 5. The van der Waals surface area contributed by atoms with E-state index in [1.54, 1.807) is 0 Å². The number of benzene rings is 2. The van der Waals surface area contributed by atoms with Gasteiger partial charge in [-0.3, -0.25) is 4.90 Å². The highest BCUT2D eigenvalue weighted by Gasteiger charge is 2.21. The third-order valence-electron chi connectivity index (χ3n) is 6.07. The van der Waals surface area contributed by atoms with Gasteiger partial charge in [-0.25, -0.2) is 9.97 Å². The zero-order valence-corrected chi connectivity index (χ0v) is 18.7. The van der Waals surface area contributed by atoms with Crippen LogP contribution in [0.15, 0.2) is 77.2 Å². The Labute approximate surface area is 189 Å². The maximum Gasteiger partial charge on any atom is 0.226 e. The van der Waals surface area contributed by atoms with Crippen LogP contribution in [0.4, 0.5) is 5.82 Å². The molecule has 0 aliphatic carbocycles. The number of rotatable bonds is 5. The van der Waals surface area contributed by atoms with Gasteiger partial charge in [-0.2, -0.15) is 0 Å². The number of aromatic nitrogens is 2. The number of aryl methyl sites for hydroxylation is 2. The molecule has 1 saturated heterocycles. The summed E-state index contributed by atoms with van der Waals surface area (Å²) in [7, 11) is 0. The largest absolute Gasteiger partial charge is 0.441 e. The average molecular weight is 425 g/mol. The summed E-state index contributed by atoms with van der Waals surface area (Å²) in [6.07, 6.45) is 0. The van der Waals surface area contributed by atoms with E-state index in [-0.39, 0.29) is 0 Å². The van der Waals surface area contributed by atoms with E-state index in [4.69, 9.17) is 9.40 Å². The Morgan fingerprint density at radius 1 is 0.719 bits per heavy atom. The molecule has 3 heterocycles. The summed E-state index contributed by atoms with van der Waals surface area (Å²) in [6, 6.07) is 25.0. The summed E-state index contributed by atoms with van der Waals surface area (Å²) in [5.74, 6) is 2.66. The van der Waals surface area contributed by atoms with Crippen molar-refractivity contribution in [2.45, 2.75) is 20.4 Å². The summed E-state index contributed by atoms with van der Waals surface area (Å²) in [4.78, 5) is 14.3. The number of hydrogen-bond donors (Lipinski definition) is 0. The van der Waals surface area contributed by atoms with Crippen LogP contribution in [0.3, 0.4) is 0 Å². The maximum absolute atomic E-state index is 6.03. The van der Waals surface area contributed by atoms with Gasteiger partial charge >= 0.3 is 0 Å². The zero-order chi connectivity index (χ0) is 21.9. The van der Waals surface area contributed by atoms with Crippen LogP contribution in [0.25, 0.3) is 22.6 Å². The van der Waals surface area contributed by atoms with Crippen LogP contribution in [-0.2, 0) is 6.54 Å². The normalized spacial score (nSPS) is 14.6. The van der Waals surface area contributed by atoms with Gasteiger partial charge in [-0.05, 0) is 49.2 Å². The maximum atomic E-state index is 6.03. The standard InChI is InChI=1S/C27H28N4O/c1-20-7-6-10-26(28-20)31-17-15-30(16-18-31)19-25-21(2)32-27(29-25)24-13-11-23(12-14-24)22-8-4-3-5-9-22/h3-14H,15-19H2,1-2H3. The molecule has 4 aromatic rings. The molecular weight excluding hydrogens is 396 g/mol. The monoisotopic (exact) mass is 424 g/mol. The first kappa shape index (κ1) is 20.5. The van der Waals surface area contributed by atoms with Crippen molar-refractivity contribution >= 4 is 5.82 Å². The van der Waals surface area contributed by atoms with E-state index in [0.717, 1.165) is 61.3 Å². The molecule has 5 heteroatoms. The predicted octanol–water partition coefficient (Wildman–Crippen LogP) is 5.34. The Balaban J connectivity index is 1.23. The van der Waals surface area contributed by atoms with Crippen LogP contribution in [-0.4, -0.2) is 41.0 Å². The Morgan fingerprint density at radius 2 is 1.41 bits per heavy atom. The molecular formula is C27H28N4O. The Hall–Kier alpha value is -3.44.